The third kappa shape index (κ3) is 13.8. The number of rotatable bonds is 12. The Morgan fingerprint density at radius 3 is 0.878 bits per heavy atom. The molecule has 7 aromatic heterocycles. The number of hydrogen-bond acceptors (Lipinski definition) is 12. The van der Waals surface area contributed by atoms with E-state index >= 15 is 0 Å². The summed E-state index contributed by atoms with van der Waals surface area (Å²) in [5.74, 6) is 1.76. The van der Waals surface area contributed by atoms with Crippen LogP contribution in [0.15, 0.2) is 338 Å². The largest absolute Gasteiger partial charge is 0.488 e. The molecule has 0 radical (unpaired) electrons. The standard InChI is InChI=1S/C48H30N4O2.C22H14Br2N2.C13H10BNO3/c1-3-7-44-42(5-1)51-47(53-44)38-21-13-33(14-22-38)31-9-17-35(18-10-31)40-25-26-41(36-27-29-49-30-28-36)50-46(40)37-19-11-32(12-20-37)34-15-23-39(24-16-34)48-52-43-6-2-4-8-45(43)54-48;23-18-5-1-15(2-6-18)20-9-10-21(16-11-13-25-14-12-16)26-22(20)17-3-7-19(24)8-4-17;16-14(17)10-7-5-9(6-8-10)13-15-11-3-1-2-4-12(11)18-13/h1-30H;1-14H;1-8,16-17H. The highest BCUT2D eigenvalue weighted by atomic mass is 79.9. The Hall–Kier alpha value is -11.8. The van der Waals surface area contributed by atoms with E-state index < -0.39 is 7.12 Å². The van der Waals surface area contributed by atoms with Crippen molar-refractivity contribution in [2.75, 3.05) is 0 Å². The molecule has 0 aliphatic carbocycles. The lowest BCUT2D eigenvalue weighted by Gasteiger charge is -2.13. The molecule has 0 spiro atoms. The molecule has 0 saturated carbocycles. The molecule has 0 atom stereocenters. The van der Waals surface area contributed by atoms with E-state index in [9.17, 15) is 0 Å². The smallest absolute Gasteiger partial charge is 0.436 e. The molecule has 17 aromatic rings. The number of halogens is 2. The van der Waals surface area contributed by atoms with Crippen molar-refractivity contribution >= 4 is 77.7 Å². The molecule has 0 unspecified atom stereocenters. The lowest BCUT2D eigenvalue weighted by atomic mass is 9.80. The quantitative estimate of drug-likeness (QED) is 0.111. The van der Waals surface area contributed by atoms with Crippen molar-refractivity contribution in [2.24, 2.45) is 0 Å². The van der Waals surface area contributed by atoms with Crippen LogP contribution in [0.4, 0.5) is 0 Å². The second-order valence-corrected chi connectivity index (χ2v) is 24.8. The lowest BCUT2D eigenvalue weighted by molar-refractivity contribution is 0.426. The van der Waals surface area contributed by atoms with E-state index in [1.54, 1.807) is 49.1 Å². The molecule has 7 heterocycles. The highest BCUT2D eigenvalue weighted by molar-refractivity contribution is 9.10. The van der Waals surface area contributed by atoms with Crippen LogP contribution in [0.5, 0.6) is 0 Å². The minimum atomic E-state index is -1.46. The van der Waals surface area contributed by atoms with Crippen LogP contribution in [0.25, 0.3) is 157 Å². The number of oxazole rings is 3. The number of aromatic nitrogens is 7. The van der Waals surface area contributed by atoms with Crippen LogP contribution < -0.4 is 5.46 Å². The maximum absolute atomic E-state index is 9.02. The molecular weight excluding hydrogens is 1350 g/mol. The predicted octanol–water partition coefficient (Wildman–Crippen LogP) is 20.6. The van der Waals surface area contributed by atoms with Crippen molar-refractivity contribution in [3.05, 3.63) is 325 Å². The molecule has 15 heteroatoms. The minimum Gasteiger partial charge on any atom is -0.436 e. The number of hydrogen-bond donors (Lipinski definition) is 2. The van der Waals surface area contributed by atoms with Gasteiger partial charge in [0.05, 0.1) is 22.8 Å². The Bertz CT molecular complexity index is 5490. The molecule has 0 fully saturated rings. The molecule has 0 aliphatic heterocycles. The van der Waals surface area contributed by atoms with Gasteiger partial charge in [-0.3, -0.25) is 9.97 Å². The predicted molar refractivity (Wildman–Crippen MR) is 398 cm³/mol. The molecule has 468 valence electrons. The zero-order chi connectivity index (χ0) is 66.3. The summed E-state index contributed by atoms with van der Waals surface area (Å²) >= 11 is 7.01. The van der Waals surface area contributed by atoms with E-state index in [0.717, 1.165) is 148 Å². The summed E-state index contributed by atoms with van der Waals surface area (Å²) < 4.78 is 19.7. The van der Waals surface area contributed by atoms with Crippen LogP contribution in [0, 0.1) is 0 Å². The van der Waals surface area contributed by atoms with Gasteiger partial charge in [-0.15, -0.1) is 0 Å². The second-order valence-electron chi connectivity index (χ2n) is 22.9. The molecule has 98 heavy (non-hydrogen) atoms. The molecule has 0 aliphatic rings. The first-order valence-electron chi connectivity index (χ1n) is 31.5. The molecule has 0 bridgehead atoms. The van der Waals surface area contributed by atoms with Gasteiger partial charge in [-0.25, -0.2) is 24.9 Å². The first-order chi connectivity index (χ1) is 48.2. The Morgan fingerprint density at radius 1 is 0.255 bits per heavy atom. The number of benzene rings is 10. The van der Waals surface area contributed by atoms with Crippen LogP contribution in [-0.4, -0.2) is 52.1 Å². The SMILES string of the molecule is Brc1ccc(-c2ccc(-c3ccncc3)nc2-c2ccc(Br)cc2)cc1.OB(O)c1ccc(-c2nc3ccccc3o2)cc1.c1ccc2oc(-c3ccc(-c4ccc(-c5ccc(-c6ccncc6)nc5-c5ccc(-c6ccc(-c7nc8ccccc8o7)cc6)cc5)cc4)cc3)nc2c1. The number of para-hydroxylation sites is 6. The zero-order valence-electron chi connectivity index (χ0n) is 52.1. The van der Waals surface area contributed by atoms with Crippen molar-refractivity contribution in [1.82, 2.24) is 34.9 Å². The van der Waals surface area contributed by atoms with Gasteiger partial charge in [-0.1, -0.05) is 190 Å². The van der Waals surface area contributed by atoms with Gasteiger partial charge in [-0.05, 0) is 172 Å². The summed E-state index contributed by atoms with van der Waals surface area (Å²) in [4.78, 5) is 32.2. The summed E-state index contributed by atoms with van der Waals surface area (Å²) in [7, 11) is -1.46. The maximum Gasteiger partial charge on any atom is 0.488 e. The van der Waals surface area contributed by atoms with Crippen molar-refractivity contribution in [3.8, 4) is 124 Å². The molecule has 0 saturated heterocycles. The van der Waals surface area contributed by atoms with Gasteiger partial charge < -0.3 is 23.3 Å². The van der Waals surface area contributed by atoms with Gasteiger partial charge in [0.2, 0.25) is 17.7 Å². The van der Waals surface area contributed by atoms with Crippen LogP contribution in [0.3, 0.4) is 0 Å². The van der Waals surface area contributed by atoms with Gasteiger partial charge in [0.1, 0.15) is 16.6 Å². The van der Waals surface area contributed by atoms with Crippen LogP contribution in [0.2, 0.25) is 0 Å². The Kier molecular flexibility index (Phi) is 17.9. The van der Waals surface area contributed by atoms with E-state index in [2.05, 4.69) is 215 Å². The fourth-order valence-corrected chi connectivity index (χ4v) is 12.0. The van der Waals surface area contributed by atoms with Crippen molar-refractivity contribution < 1.29 is 23.3 Å². The normalized spacial score (nSPS) is 11.1. The molecule has 10 aromatic carbocycles. The van der Waals surface area contributed by atoms with Crippen LogP contribution >= 0.6 is 31.9 Å². The van der Waals surface area contributed by atoms with Crippen LogP contribution in [-0.2, 0) is 0 Å². The highest BCUT2D eigenvalue weighted by Gasteiger charge is 2.18. The Morgan fingerprint density at radius 2 is 0.541 bits per heavy atom. The molecular formula is C83H54BBr2N7O5. The third-order valence-corrected chi connectivity index (χ3v) is 17.7. The maximum atomic E-state index is 9.02. The van der Waals surface area contributed by atoms with Gasteiger partial charge in [0.25, 0.3) is 0 Å². The van der Waals surface area contributed by atoms with E-state index in [1.807, 2.05) is 109 Å². The van der Waals surface area contributed by atoms with Gasteiger partial charge >= 0.3 is 7.12 Å². The van der Waals surface area contributed by atoms with E-state index in [-0.39, 0.29) is 0 Å². The summed E-state index contributed by atoms with van der Waals surface area (Å²) in [6.45, 7) is 0. The topological polar surface area (TPSA) is 170 Å². The van der Waals surface area contributed by atoms with E-state index in [1.165, 1.54) is 0 Å². The van der Waals surface area contributed by atoms with Gasteiger partial charge in [0.15, 0.2) is 16.7 Å². The Labute approximate surface area is 580 Å². The fraction of sp³-hybridized carbons (Fsp3) is 0. The molecule has 0 amide bonds. The van der Waals surface area contributed by atoms with Crippen LogP contribution in [0.1, 0.15) is 0 Å². The van der Waals surface area contributed by atoms with E-state index in [0.29, 0.717) is 23.1 Å². The minimum absolute atomic E-state index is 0.440. The van der Waals surface area contributed by atoms with Crippen molar-refractivity contribution in [2.45, 2.75) is 0 Å². The summed E-state index contributed by atoms with van der Waals surface area (Å²) in [6, 6.07) is 96.9. The third-order valence-electron chi connectivity index (χ3n) is 16.6. The summed E-state index contributed by atoms with van der Waals surface area (Å²) in [6.07, 6.45) is 7.18. The van der Waals surface area contributed by atoms with E-state index in [4.69, 9.17) is 33.3 Å². The monoisotopic (exact) mass is 1400 g/mol. The first-order valence-corrected chi connectivity index (χ1v) is 33.1. The number of nitrogens with zero attached hydrogens (tertiary/aromatic N) is 7. The molecule has 2 N–H and O–H groups in total. The average Bonchev–Trinajstić information content (AvgIpc) is 1.30. The zero-order valence-corrected chi connectivity index (χ0v) is 55.3. The van der Waals surface area contributed by atoms with Crippen molar-refractivity contribution in [3.63, 3.8) is 0 Å². The van der Waals surface area contributed by atoms with Crippen molar-refractivity contribution in [1.29, 1.82) is 0 Å². The Balaban J connectivity index is 0.000000146. The second kappa shape index (κ2) is 28.2. The molecule has 17 rings (SSSR count). The van der Waals surface area contributed by atoms with Gasteiger partial charge in [-0.2, -0.15) is 0 Å². The summed E-state index contributed by atoms with van der Waals surface area (Å²) in [5.41, 5.74) is 24.7. The number of fused-ring (bicyclic) bond motifs is 3. The number of pyridine rings is 4. The van der Waals surface area contributed by atoms with Gasteiger partial charge in [0, 0.05) is 83.8 Å². The summed E-state index contributed by atoms with van der Waals surface area (Å²) in [5, 5.41) is 18.0. The fourth-order valence-electron chi connectivity index (χ4n) is 11.5. The first kappa shape index (κ1) is 62.3. The molecule has 12 nitrogen and oxygen atoms in total. The highest BCUT2D eigenvalue weighted by Crippen LogP contribution is 2.38. The lowest BCUT2D eigenvalue weighted by Crippen LogP contribution is -2.29. The average molecular weight is 1400 g/mol.